The van der Waals surface area contributed by atoms with Crippen LogP contribution < -0.4 is 5.73 Å². The standard InChI is InChI=1S/C13H21N/c1-9(2)11-7-5-6-8-12(10(3)4)13(11)14/h5,7-10H,6,14H2,1-4H3. The average molecular weight is 191 g/mol. The highest BCUT2D eigenvalue weighted by atomic mass is 14.6. The molecule has 1 aliphatic carbocycles. The van der Waals surface area contributed by atoms with Crippen molar-refractivity contribution in [3.8, 4) is 0 Å². The summed E-state index contributed by atoms with van der Waals surface area (Å²) in [5, 5.41) is 0. The summed E-state index contributed by atoms with van der Waals surface area (Å²) in [7, 11) is 0. The summed E-state index contributed by atoms with van der Waals surface area (Å²) in [5.41, 5.74) is 9.76. The lowest BCUT2D eigenvalue weighted by Gasteiger charge is -2.16. The highest BCUT2D eigenvalue weighted by molar-refractivity contribution is 5.42. The van der Waals surface area contributed by atoms with Crippen molar-refractivity contribution in [1.29, 1.82) is 0 Å². The first-order valence-electron chi connectivity index (χ1n) is 5.40. The van der Waals surface area contributed by atoms with Gasteiger partial charge in [-0.05, 0) is 29.4 Å². The van der Waals surface area contributed by atoms with Gasteiger partial charge >= 0.3 is 0 Å². The van der Waals surface area contributed by atoms with Crippen LogP contribution in [0.2, 0.25) is 0 Å². The maximum absolute atomic E-state index is 6.19. The van der Waals surface area contributed by atoms with Gasteiger partial charge in [-0.1, -0.05) is 45.9 Å². The Morgan fingerprint density at radius 3 is 2.29 bits per heavy atom. The molecule has 0 amide bonds. The lowest BCUT2D eigenvalue weighted by molar-refractivity contribution is 0.741. The zero-order chi connectivity index (χ0) is 10.7. The van der Waals surface area contributed by atoms with Crippen molar-refractivity contribution in [2.24, 2.45) is 17.6 Å². The molecule has 1 nitrogen and oxygen atoms in total. The van der Waals surface area contributed by atoms with Crippen molar-refractivity contribution >= 4 is 0 Å². The maximum atomic E-state index is 6.19. The van der Waals surface area contributed by atoms with E-state index in [9.17, 15) is 0 Å². The summed E-state index contributed by atoms with van der Waals surface area (Å²) >= 11 is 0. The molecule has 0 heterocycles. The molecule has 0 unspecified atom stereocenters. The van der Waals surface area contributed by atoms with Crippen LogP contribution in [0.4, 0.5) is 0 Å². The van der Waals surface area contributed by atoms with Crippen molar-refractivity contribution in [2.45, 2.75) is 34.1 Å². The van der Waals surface area contributed by atoms with E-state index in [-0.39, 0.29) is 0 Å². The molecule has 1 heteroatoms. The minimum Gasteiger partial charge on any atom is -0.398 e. The van der Waals surface area contributed by atoms with Gasteiger partial charge in [0.15, 0.2) is 0 Å². The second kappa shape index (κ2) is 4.50. The zero-order valence-corrected chi connectivity index (χ0v) is 9.67. The van der Waals surface area contributed by atoms with Gasteiger partial charge in [0.25, 0.3) is 0 Å². The van der Waals surface area contributed by atoms with Gasteiger partial charge < -0.3 is 5.73 Å². The van der Waals surface area contributed by atoms with Gasteiger partial charge in [-0.25, -0.2) is 0 Å². The molecule has 0 aliphatic heterocycles. The van der Waals surface area contributed by atoms with Crippen LogP contribution in [0.15, 0.2) is 35.1 Å². The van der Waals surface area contributed by atoms with Crippen molar-refractivity contribution in [3.05, 3.63) is 35.1 Å². The topological polar surface area (TPSA) is 26.0 Å². The molecule has 0 atom stereocenters. The number of allylic oxidation sites excluding steroid dienone is 5. The van der Waals surface area contributed by atoms with E-state index in [1.807, 2.05) is 0 Å². The van der Waals surface area contributed by atoms with Gasteiger partial charge in [0.2, 0.25) is 0 Å². The van der Waals surface area contributed by atoms with Crippen molar-refractivity contribution < 1.29 is 0 Å². The Labute approximate surface area is 87.4 Å². The van der Waals surface area contributed by atoms with E-state index in [0.29, 0.717) is 11.8 Å². The molecule has 1 aliphatic rings. The van der Waals surface area contributed by atoms with E-state index >= 15 is 0 Å². The summed E-state index contributed by atoms with van der Waals surface area (Å²) in [6.07, 6.45) is 7.61. The molecular weight excluding hydrogens is 170 g/mol. The predicted molar refractivity (Wildman–Crippen MR) is 62.7 cm³/mol. The fourth-order valence-electron chi connectivity index (χ4n) is 1.81. The molecule has 2 N–H and O–H groups in total. The minimum absolute atomic E-state index is 0.506. The molecule has 0 radical (unpaired) electrons. The molecule has 1 rings (SSSR count). The van der Waals surface area contributed by atoms with Gasteiger partial charge in [-0.3, -0.25) is 0 Å². The summed E-state index contributed by atoms with van der Waals surface area (Å²) in [5.74, 6) is 1.02. The lowest BCUT2D eigenvalue weighted by Crippen LogP contribution is -2.11. The maximum Gasteiger partial charge on any atom is 0.0381 e. The molecule has 14 heavy (non-hydrogen) atoms. The molecule has 0 saturated heterocycles. The molecule has 0 fully saturated rings. The lowest BCUT2D eigenvalue weighted by atomic mass is 9.93. The van der Waals surface area contributed by atoms with Crippen LogP contribution in [-0.2, 0) is 0 Å². The number of hydrogen-bond donors (Lipinski definition) is 1. The molecule has 0 bridgehead atoms. The summed E-state index contributed by atoms with van der Waals surface area (Å²) < 4.78 is 0. The SMILES string of the molecule is CC(C)C1=CCC=CC(C(C)C)=C1N. The third kappa shape index (κ3) is 2.28. The van der Waals surface area contributed by atoms with Gasteiger partial charge in [0, 0.05) is 5.70 Å². The third-order valence-corrected chi connectivity index (χ3v) is 2.64. The van der Waals surface area contributed by atoms with Crippen molar-refractivity contribution in [2.75, 3.05) is 0 Å². The summed E-state index contributed by atoms with van der Waals surface area (Å²) in [6.45, 7) is 8.77. The second-order valence-electron chi connectivity index (χ2n) is 4.48. The van der Waals surface area contributed by atoms with E-state index in [0.717, 1.165) is 12.1 Å². The van der Waals surface area contributed by atoms with Crippen LogP contribution >= 0.6 is 0 Å². The largest absolute Gasteiger partial charge is 0.398 e. The van der Waals surface area contributed by atoms with Crippen molar-refractivity contribution in [1.82, 2.24) is 0 Å². The van der Waals surface area contributed by atoms with Gasteiger partial charge in [-0.2, -0.15) is 0 Å². The number of rotatable bonds is 2. The summed E-state index contributed by atoms with van der Waals surface area (Å²) in [4.78, 5) is 0. The summed E-state index contributed by atoms with van der Waals surface area (Å²) in [6, 6.07) is 0. The minimum atomic E-state index is 0.506. The first-order valence-corrected chi connectivity index (χ1v) is 5.40. The van der Waals surface area contributed by atoms with Gasteiger partial charge in [0.05, 0.1) is 0 Å². The third-order valence-electron chi connectivity index (χ3n) is 2.64. The Bertz CT molecular complexity index is 290. The molecule has 0 aromatic rings. The van der Waals surface area contributed by atoms with Crippen molar-refractivity contribution in [3.63, 3.8) is 0 Å². The molecule has 0 aromatic heterocycles. The molecule has 78 valence electrons. The average Bonchev–Trinajstić information content (AvgIpc) is 2.26. The zero-order valence-electron chi connectivity index (χ0n) is 9.67. The number of nitrogens with two attached hydrogens (primary N) is 1. The van der Waals surface area contributed by atoms with E-state index < -0.39 is 0 Å². The smallest absolute Gasteiger partial charge is 0.0381 e. The molecule has 0 aromatic carbocycles. The van der Waals surface area contributed by atoms with Crippen LogP contribution in [0, 0.1) is 11.8 Å². The molecule has 0 saturated carbocycles. The first kappa shape index (κ1) is 11.1. The van der Waals surface area contributed by atoms with E-state index in [1.165, 1.54) is 11.1 Å². The van der Waals surface area contributed by atoms with E-state index in [4.69, 9.17) is 5.73 Å². The highest BCUT2D eigenvalue weighted by Gasteiger charge is 2.13. The van der Waals surface area contributed by atoms with Crippen LogP contribution in [0.5, 0.6) is 0 Å². The van der Waals surface area contributed by atoms with E-state index in [1.54, 1.807) is 0 Å². The Morgan fingerprint density at radius 1 is 1.14 bits per heavy atom. The first-order chi connectivity index (χ1) is 6.54. The van der Waals surface area contributed by atoms with Gasteiger partial charge in [-0.15, -0.1) is 0 Å². The molecule has 0 spiro atoms. The fourth-order valence-corrected chi connectivity index (χ4v) is 1.81. The Hall–Kier alpha value is -0.980. The highest BCUT2D eigenvalue weighted by Crippen LogP contribution is 2.26. The number of hydrogen-bond acceptors (Lipinski definition) is 1. The Morgan fingerprint density at radius 2 is 1.79 bits per heavy atom. The second-order valence-corrected chi connectivity index (χ2v) is 4.48. The predicted octanol–water partition coefficient (Wildman–Crippen LogP) is 3.40. The van der Waals surface area contributed by atoms with Gasteiger partial charge in [0.1, 0.15) is 0 Å². The van der Waals surface area contributed by atoms with Crippen LogP contribution in [0.1, 0.15) is 34.1 Å². The van der Waals surface area contributed by atoms with Crippen LogP contribution in [-0.4, -0.2) is 0 Å². The Kier molecular flexibility index (Phi) is 3.56. The molecular formula is C13H21N. The van der Waals surface area contributed by atoms with E-state index in [2.05, 4.69) is 45.9 Å². The Balaban J connectivity index is 3.11. The van der Waals surface area contributed by atoms with Crippen LogP contribution in [0.3, 0.4) is 0 Å². The van der Waals surface area contributed by atoms with Crippen LogP contribution in [0.25, 0.3) is 0 Å². The monoisotopic (exact) mass is 191 g/mol. The fraction of sp³-hybridized carbons (Fsp3) is 0.538. The quantitative estimate of drug-likeness (QED) is 0.711. The normalized spacial score (nSPS) is 17.7.